The SMILES string of the molecule is Cc1c(C(=O)Nc2ccc(-c3cc(Br)cnc3N)cc2)c(=O)n(-c2ccccc2)n1C. The van der Waals surface area contributed by atoms with Crippen molar-refractivity contribution in [3.63, 3.8) is 0 Å². The first-order valence-corrected chi connectivity index (χ1v) is 10.3. The summed E-state index contributed by atoms with van der Waals surface area (Å²) >= 11 is 3.40. The fourth-order valence-electron chi connectivity index (χ4n) is 3.44. The van der Waals surface area contributed by atoms with Crippen LogP contribution >= 0.6 is 15.9 Å². The summed E-state index contributed by atoms with van der Waals surface area (Å²) in [6.07, 6.45) is 1.64. The van der Waals surface area contributed by atoms with Gasteiger partial charge in [0.15, 0.2) is 0 Å². The maximum Gasteiger partial charge on any atom is 0.284 e. The lowest BCUT2D eigenvalue weighted by molar-refractivity contribution is 0.102. The number of hydrogen-bond acceptors (Lipinski definition) is 4. The second-order valence-electron chi connectivity index (χ2n) is 7.05. The van der Waals surface area contributed by atoms with E-state index in [1.165, 1.54) is 4.68 Å². The van der Waals surface area contributed by atoms with Gasteiger partial charge in [0.25, 0.3) is 11.5 Å². The van der Waals surface area contributed by atoms with Crippen molar-refractivity contribution in [2.24, 2.45) is 7.05 Å². The average Bonchev–Trinajstić information content (AvgIpc) is 2.99. The van der Waals surface area contributed by atoms with Crippen LogP contribution in [0.4, 0.5) is 11.5 Å². The smallest absolute Gasteiger partial charge is 0.284 e. The molecule has 2 heterocycles. The lowest BCUT2D eigenvalue weighted by atomic mass is 10.1. The van der Waals surface area contributed by atoms with Crippen LogP contribution < -0.4 is 16.6 Å². The first-order valence-electron chi connectivity index (χ1n) is 9.53. The Morgan fingerprint density at radius 3 is 2.45 bits per heavy atom. The number of aromatic nitrogens is 3. The third-order valence-corrected chi connectivity index (χ3v) is 5.55. The van der Waals surface area contributed by atoms with E-state index >= 15 is 0 Å². The molecule has 156 valence electrons. The van der Waals surface area contributed by atoms with E-state index in [-0.39, 0.29) is 11.1 Å². The number of halogens is 1. The van der Waals surface area contributed by atoms with E-state index < -0.39 is 5.91 Å². The van der Waals surface area contributed by atoms with Crippen LogP contribution in [0.25, 0.3) is 16.8 Å². The Hall–Kier alpha value is -3.65. The Bertz CT molecular complexity index is 1320. The van der Waals surface area contributed by atoms with Gasteiger partial charge in [0.2, 0.25) is 0 Å². The number of carbonyl (C=O) groups excluding carboxylic acids is 1. The van der Waals surface area contributed by atoms with E-state index in [0.29, 0.717) is 22.9 Å². The molecule has 4 aromatic rings. The Kier molecular flexibility index (Phi) is 5.48. The molecular weight excluding hydrogens is 458 g/mol. The van der Waals surface area contributed by atoms with Crippen LogP contribution in [0.5, 0.6) is 0 Å². The lowest BCUT2D eigenvalue weighted by Crippen LogP contribution is -2.25. The number of amides is 1. The molecule has 0 aliphatic heterocycles. The fourth-order valence-corrected chi connectivity index (χ4v) is 3.77. The molecule has 2 aromatic carbocycles. The van der Waals surface area contributed by atoms with Gasteiger partial charge in [-0.3, -0.25) is 14.3 Å². The van der Waals surface area contributed by atoms with Crippen LogP contribution in [0.1, 0.15) is 16.1 Å². The van der Waals surface area contributed by atoms with Crippen LogP contribution in [-0.4, -0.2) is 20.3 Å². The fraction of sp³-hybridized carbons (Fsp3) is 0.0870. The number of anilines is 2. The minimum Gasteiger partial charge on any atom is -0.383 e. The van der Waals surface area contributed by atoms with Crippen LogP contribution in [0.3, 0.4) is 0 Å². The first-order chi connectivity index (χ1) is 14.9. The highest BCUT2D eigenvalue weighted by atomic mass is 79.9. The first kappa shape index (κ1) is 20.6. The van der Waals surface area contributed by atoms with Crippen LogP contribution in [0.2, 0.25) is 0 Å². The standard InChI is InChI=1S/C23H20BrN5O2/c1-14-20(23(31)29(28(14)2)18-6-4-3-5-7-18)22(30)27-17-10-8-15(9-11-17)19-12-16(24)13-26-21(19)25/h3-13H,1-2H3,(H2,25,26)(H,27,30). The van der Waals surface area contributed by atoms with Crippen LogP contribution in [-0.2, 0) is 7.05 Å². The van der Waals surface area contributed by atoms with Crippen molar-refractivity contribution in [1.82, 2.24) is 14.3 Å². The number of carbonyl (C=O) groups is 1. The van der Waals surface area contributed by atoms with Gasteiger partial charge in [-0.05, 0) is 58.7 Å². The molecule has 0 radical (unpaired) electrons. The molecule has 1 amide bonds. The third kappa shape index (κ3) is 3.89. The molecule has 0 unspecified atom stereocenters. The van der Waals surface area contributed by atoms with Gasteiger partial charge in [-0.15, -0.1) is 0 Å². The normalized spacial score (nSPS) is 10.8. The quantitative estimate of drug-likeness (QED) is 0.461. The van der Waals surface area contributed by atoms with Gasteiger partial charge in [0, 0.05) is 29.0 Å². The number of benzene rings is 2. The summed E-state index contributed by atoms with van der Waals surface area (Å²) in [5, 5.41) is 2.81. The van der Waals surface area contributed by atoms with Gasteiger partial charge < -0.3 is 11.1 Å². The van der Waals surface area contributed by atoms with Crippen molar-refractivity contribution >= 4 is 33.3 Å². The molecule has 31 heavy (non-hydrogen) atoms. The molecule has 0 saturated heterocycles. The molecule has 0 fully saturated rings. The molecule has 8 heteroatoms. The molecule has 2 aromatic heterocycles. The molecule has 3 N–H and O–H groups in total. The maximum absolute atomic E-state index is 13.0. The van der Waals surface area contributed by atoms with E-state index in [4.69, 9.17) is 5.73 Å². The second-order valence-corrected chi connectivity index (χ2v) is 7.97. The number of para-hydroxylation sites is 1. The zero-order chi connectivity index (χ0) is 22.1. The third-order valence-electron chi connectivity index (χ3n) is 5.12. The van der Waals surface area contributed by atoms with Crippen molar-refractivity contribution in [2.75, 3.05) is 11.1 Å². The summed E-state index contributed by atoms with van der Waals surface area (Å²) < 4.78 is 3.98. The van der Waals surface area contributed by atoms with E-state index in [9.17, 15) is 9.59 Å². The molecule has 4 rings (SSSR count). The summed E-state index contributed by atoms with van der Waals surface area (Å²) in [6.45, 7) is 1.75. The van der Waals surface area contributed by atoms with E-state index in [0.717, 1.165) is 15.6 Å². The lowest BCUT2D eigenvalue weighted by Gasteiger charge is -2.08. The number of nitrogen functional groups attached to an aromatic ring is 1. The highest BCUT2D eigenvalue weighted by Crippen LogP contribution is 2.28. The summed E-state index contributed by atoms with van der Waals surface area (Å²) in [5.74, 6) is -0.0365. The number of pyridine rings is 1. The van der Waals surface area contributed by atoms with Crippen LogP contribution in [0.15, 0.2) is 76.1 Å². The van der Waals surface area contributed by atoms with Crippen molar-refractivity contribution < 1.29 is 4.79 Å². The molecule has 0 saturated carbocycles. The van der Waals surface area contributed by atoms with Gasteiger partial charge in [0.1, 0.15) is 11.4 Å². The van der Waals surface area contributed by atoms with Gasteiger partial charge in [-0.2, -0.15) is 0 Å². The molecule has 0 aliphatic carbocycles. The van der Waals surface area contributed by atoms with E-state index in [1.54, 1.807) is 37.0 Å². The number of nitrogens with one attached hydrogen (secondary N) is 1. The Balaban J connectivity index is 1.62. The molecule has 7 nitrogen and oxygen atoms in total. The van der Waals surface area contributed by atoms with Crippen molar-refractivity contribution in [3.8, 4) is 16.8 Å². The highest BCUT2D eigenvalue weighted by Gasteiger charge is 2.22. The molecular formula is C23H20BrN5O2. The zero-order valence-electron chi connectivity index (χ0n) is 17.0. The summed E-state index contributed by atoms with van der Waals surface area (Å²) in [7, 11) is 1.76. The number of rotatable bonds is 4. The maximum atomic E-state index is 13.0. The van der Waals surface area contributed by atoms with Crippen LogP contribution in [0, 0.1) is 6.92 Å². The topological polar surface area (TPSA) is 94.9 Å². The highest BCUT2D eigenvalue weighted by molar-refractivity contribution is 9.10. The summed E-state index contributed by atoms with van der Waals surface area (Å²) in [6, 6.07) is 18.3. The minimum atomic E-state index is -0.454. The molecule has 0 aliphatic rings. The summed E-state index contributed by atoms with van der Waals surface area (Å²) in [5.41, 5.74) is 9.22. The predicted octanol–water partition coefficient (Wildman–Crippen LogP) is 4.14. The Labute approximate surface area is 187 Å². The van der Waals surface area contributed by atoms with E-state index in [1.807, 2.05) is 48.5 Å². The minimum absolute atomic E-state index is 0.107. The predicted molar refractivity (Wildman–Crippen MR) is 125 cm³/mol. The second kappa shape index (κ2) is 8.23. The summed E-state index contributed by atoms with van der Waals surface area (Å²) in [4.78, 5) is 30.1. The molecule has 0 atom stereocenters. The van der Waals surface area contributed by atoms with Crippen molar-refractivity contribution in [2.45, 2.75) is 6.92 Å². The number of nitrogens with zero attached hydrogens (tertiary/aromatic N) is 3. The van der Waals surface area contributed by atoms with Gasteiger partial charge in [-0.25, -0.2) is 9.67 Å². The number of nitrogens with two attached hydrogens (primary N) is 1. The van der Waals surface area contributed by atoms with Crippen molar-refractivity contribution in [3.05, 3.63) is 92.9 Å². The van der Waals surface area contributed by atoms with E-state index in [2.05, 4.69) is 26.2 Å². The Morgan fingerprint density at radius 2 is 1.77 bits per heavy atom. The van der Waals surface area contributed by atoms with Gasteiger partial charge in [0.05, 0.1) is 11.4 Å². The molecule has 0 bridgehead atoms. The Morgan fingerprint density at radius 1 is 1.10 bits per heavy atom. The van der Waals surface area contributed by atoms with Crippen molar-refractivity contribution in [1.29, 1.82) is 0 Å². The largest absolute Gasteiger partial charge is 0.383 e. The monoisotopic (exact) mass is 477 g/mol. The zero-order valence-corrected chi connectivity index (χ0v) is 18.6. The molecule has 0 spiro atoms. The average molecular weight is 478 g/mol. The number of hydrogen-bond donors (Lipinski definition) is 2. The van der Waals surface area contributed by atoms with Gasteiger partial charge >= 0.3 is 0 Å². The van der Waals surface area contributed by atoms with Gasteiger partial charge in [-0.1, -0.05) is 30.3 Å².